The van der Waals surface area contributed by atoms with Gasteiger partial charge in [0, 0.05) is 19.3 Å². The lowest BCUT2D eigenvalue weighted by Crippen LogP contribution is -2.30. The van der Waals surface area contributed by atoms with Gasteiger partial charge >= 0.3 is 17.9 Å². The molecule has 0 aromatic carbocycles. The molecule has 0 saturated heterocycles. The van der Waals surface area contributed by atoms with E-state index < -0.39 is 6.10 Å². The van der Waals surface area contributed by atoms with Gasteiger partial charge in [-0.1, -0.05) is 347 Å². The summed E-state index contributed by atoms with van der Waals surface area (Å²) in [7, 11) is 0. The molecule has 0 aliphatic carbocycles. The van der Waals surface area contributed by atoms with Gasteiger partial charge in [-0.3, -0.25) is 14.4 Å². The smallest absolute Gasteiger partial charge is 0.306 e. The highest BCUT2D eigenvalue weighted by atomic mass is 16.6. The summed E-state index contributed by atoms with van der Waals surface area (Å²) in [5.74, 6) is -0.845. The SMILES string of the molecule is CCCCC/C=C\CCCCCCCC(=O)OCC(COC(=O)CCCCCCCCCCCCCCCCCCCCC/C=C\CCCCCCCCCC)OC(=O)CCCCCCCCCCCCCCCCCCCCC. The molecule has 0 fully saturated rings. The Kier molecular flexibility index (Phi) is 67.6. The normalized spacial score (nSPS) is 12.1. The van der Waals surface area contributed by atoms with Crippen LogP contribution >= 0.6 is 0 Å². The Labute approximate surface area is 500 Å². The minimum Gasteiger partial charge on any atom is -0.462 e. The molecule has 0 aliphatic rings. The van der Waals surface area contributed by atoms with Crippen LogP contribution in [0.1, 0.15) is 412 Å². The van der Waals surface area contributed by atoms with E-state index in [4.69, 9.17) is 14.2 Å². The van der Waals surface area contributed by atoms with Crippen LogP contribution in [-0.2, 0) is 28.6 Å². The lowest BCUT2D eigenvalue weighted by Gasteiger charge is -2.18. The maximum Gasteiger partial charge on any atom is 0.306 e. The van der Waals surface area contributed by atoms with Crippen molar-refractivity contribution in [2.45, 2.75) is 419 Å². The van der Waals surface area contributed by atoms with Gasteiger partial charge in [0.25, 0.3) is 0 Å². The van der Waals surface area contributed by atoms with Gasteiger partial charge in [0.2, 0.25) is 0 Å². The van der Waals surface area contributed by atoms with Crippen LogP contribution in [0.25, 0.3) is 0 Å². The van der Waals surface area contributed by atoms with Crippen molar-refractivity contribution in [3.05, 3.63) is 24.3 Å². The number of ether oxygens (including phenoxy) is 3. The van der Waals surface area contributed by atoms with Crippen LogP contribution in [0, 0.1) is 0 Å². The fraction of sp³-hybridized carbons (Fsp3) is 0.905. The van der Waals surface area contributed by atoms with Gasteiger partial charge in [0.1, 0.15) is 13.2 Å². The van der Waals surface area contributed by atoms with E-state index in [-0.39, 0.29) is 31.1 Å². The number of unbranched alkanes of at least 4 members (excludes halogenated alkanes) is 53. The number of hydrogen-bond donors (Lipinski definition) is 0. The van der Waals surface area contributed by atoms with Gasteiger partial charge in [0.05, 0.1) is 0 Å². The van der Waals surface area contributed by atoms with Gasteiger partial charge in [-0.25, -0.2) is 0 Å². The van der Waals surface area contributed by atoms with E-state index in [1.165, 1.54) is 308 Å². The molecule has 0 bridgehead atoms. The van der Waals surface area contributed by atoms with E-state index in [9.17, 15) is 14.4 Å². The van der Waals surface area contributed by atoms with Crippen molar-refractivity contribution in [2.24, 2.45) is 0 Å². The van der Waals surface area contributed by atoms with Gasteiger partial charge in [-0.15, -0.1) is 0 Å². The Morgan fingerprint density at radius 2 is 0.412 bits per heavy atom. The summed E-state index contributed by atoms with van der Waals surface area (Å²) in [5, 5.41) is 0. The molecule has 6 heteroatoms. The van der Waals surface area contributed by atoms with E-state index >= 15 is 0 Å². The lowest BCUT2D eigenvalue weighted by atomic mass is 10.0. The molecule has 472 valence electrons. The zero-order valence-corrected chi connectivity index (χ0v) is 54.4. The predicted molar refractivity (Wildman–Crippen MR) is 349 cm³/mol. The van der Waals surface area contributed by atoms with Crippen molar-refractivity contribution in [3.8, 4) is 0 Å². The maximum absolute atomic E-state index is 12.9. The van der Waals surface area contributed by atoms with Crippen molar-refractivity contribution in [1.29, 1.82) is 0 Å². The van der Waals surface area contributed by atoms with Crippen LogP contribution in [0.15, 0.2) is 24.3 Å². The summed E-state index contributed by atoms with van der Waals surface area (Å²) in [6.45, 7) is 6.69. The molecule has 0 radical (unpaired) electrons. The maximum atomic E-state index is 12.9. The first-order chi connectivity index (χ1) is 39.5. The zero-order chi connectivity index (χ0) is 57.8. The second-order valence-electron chi connectivity index (χ2n) is 24.9. The van der Waals surface area contributed by atoms with Crippen molar-refractivity contribution in [2.75, 3.05) is 13.2 Å². The summed E-state index contributed by atoms with van der Waals surface area (Å²) in [5.41, 5.74) is 0. The largest absolute Gasteiger partial charge is 0.462 e. The Hall–Kier alpha value is -2.11. The van der Waals surface area contributed by atoms with Gasteiger partial charge in [-0.2, -0.15) is 0 Å². The molecule has 0 amide bonds. The van der Waals surface area contributed by atoms with E-state index in [0.717, 1.165) is 64.2 Å². The molecule has 0 heterocycles. The first kappa shape index (κ1) is 77.9. The Bertz CT molecular complexity index is 1290. The average molecular weight is 1130 g/mol. The molecule has 6 nitrogen and oxygen atoms in total. The van der Waals surface area contributed by atoms with E-state index in [1.807, 2.05) is 0 Å². The number of rotatable bonds is 68. The van der Waals surface area contributed by atoms with E-state index in [1.54, 1.807) is 0 Å². The van der Waals surface area contributed by atoms with Crippen molar-refractivity contribution < 1.29 is 28.6 Å². The monoisotopic (exact) mass is 1130 g/mol. The Morgan fingerprint density at radius 3 is 0.650 bits per heavy atom. The highest BCUT2D eigenvalue weighted by Crippen LogP contribution is 2.19. The third-order valence-corrected chi connectivity index (χ3v) is 16.7. The van der Waals surface area contributed by atoms with Gasteiger partial charge < -0.3 is 14.2 Å². The number of esters is 3. The van der Waals surface area contributed by atoms with Gasteiger partial charge in [0.15, 0.2) is 6.10 Å². The van der Waals surface area contributed by atoms with Crippen LogP contribution in [0.5, 0.6) is 0 Å². The van der Waals surface area contributed by atoms with E-state index in [2.05, 4.69) is 45.1 Å². The first-order valence-corrected chi connectivity index (χ1v) is 36.3. The average Bonchev–Trinajstić information content (AvgIpc) is 3.46. The van der Waals surface area contributed by atoms with Crippen LogP contribution in [0.4, 0.5) is 0 Å². The lowest BCUT2D eigenvalue weighted by molar-refractivity contribution is -0.167. The summed E-state index contributed by atoms with van der Waals surface area (Å²) in [4.78, 5) is 38.4. The standard InChI is InChI=1S/C74H140O6/c1-4-7-10-13-16-19-22-25-27-29-31-32-33-34-35-36-37-38-39-40-41-42-44-45-47-49-52-55-58-61-64-67-73(76)79-70-71(69-78-72(75)66-63-60-57-54-51-24-21-18-15-12-9-6-3)80-74(77)68-65-62-59-56-53-50-48-46-43-30-28-26-23-20-17-14-11-8-5-2/h18,21,29,31,71H,4-17,19-20,22-28,30,32-70H2,1-3H3/b21-18-,31-29-. The third-order valence-electron chi connectivity index (χ3n) is 16.7. The number of hydrogen-bond acceptors (Lipinski definition) is 6. The molecule has 1 unspecified atom stereocenters. The molecule has 0 aromatic heterocycles. The third kappa shape index (κ3) is 66.7. The highest BCUT2D eigenvalue weighted by Gasteiger charge is 2.19. The Balaban J connectivity index is 4.11. The molecule has 0 spiro atoms. The van der Waals surface area contributed by atoms with Crippen LogP contribution in [-0.4, -0.2) is 37.2 Å². The number of carbonyl (C=O) groups is 3. The van der Waals surface area contributed by atoms with Crippen molar-refractivity contribution in [1.82, 2.24) is 0 Å². The van der Waals surface area contributed by atoms with Crippen LogP contribution < -0.4 is 0 Å². The molecular formula is C74H140O6. The molecule has 0 saturated carbocycles. The van der Waals surface area contributed by atoms with E-state index in [0.29, 0.717) is 19.3 Å². The Morgan fingerprint density at radius 1 is 0.237 bits per heavy atom. The second-order valence-corrected chi connectivity index (χ2v) is 24.9. The quantitative estimate of drug-likeness (QED) is 0.0261. The predicted octanol–water partition coefficient (Wildman–Crippen LogP) is 25.0. The molecule has 0 aliphatic heterocycles. The minimum atomic E-state index is -0.771. The van der Waals surface area contributed by atoms with Gasteiger partial charge in [-0.05, 0) is 70.6 Å². The van der Waals surface area contributed by atoms with Crippen molar-refractivity contribution in [3.63, 3.8) is 0 Å². The fourth-order valence-corrected chi connectivity index (χ4v) is 11.2. The first-order valence-electron chi connectivity index (χ1n) is 36.3. The molecule has 0 aromatic rings. The summed E-state index contributed by atoms with van der Waals surface area (Å²) in [6.07, 6.45) is 85.1. The van der Waals surface area contributed by atoms with Crippen LogP contribution in [0.3, 0.4) is 0 Å². The molecular weight excluding hydrogens is 985 g/mol. The minimum absolute atomic E-state index is 0.0673. The number of allylic oxidation sites excluding steroid dienone is 4. The molecule has 80 heavy (non-hydrogen) atoms. The number of carbonyl (C=O) groups excluding carboxylic acids is 3. The fourth-order valence-electron chi connectivity index (χ4n) is 11.2. The molecule has 0 rings (SSSR count). The molecule has 1 atom stereocenters. The van der Waals surface area contributed by atoms with Crippen LogP contribution in [0.2, 0.25) is 0 Å². The summed E-state index contributed by atoms with van der Waals surface area (Å²) < 4.78 is 17.0. The second kappa shape index (κ2) is 69.4. The summed E-state index contributed by atoms with van der Waals surface area (Å²) in [6, 6.07) is 0. The molecule has 0 N–H and O–H groups in total. The zero-order valence-electron chi connectivity index (χ0n) is 54.4. The summed E-state index contributed by atoms with van der Waals surface area (Å²) >= 11 is 0. The van der Waals surface area contributed by atoms with Crippen molar-refractivity contribution >= 4 is 17.9 Å². The topological polar surface area (TPSA) is 78.9 Å². The highest BCUT2D eigenvalue weighted by molar-refractivity contribution is 5.71.